The van der Waals surface area contributed by atoms with Crippen LogP contribution in [0.3, 0.4) is 0 Å². The van der Waals surface area contributed by atoms with E-state index in [-0.39, 0.29) is 19.0 Å². The summed E-state index contributed by atoms with van der Waals surface area (Å²) in [5.74, 6) is -1.32. The van der Waals surface area contributed by atoms with Crippen LogP contribution in [0.15, 0.2) is 35.7 Å². The summed E-state index contributed by atoms with van der Waals surface area (Å²) in [4.78, 5) is 25.4. The van der Waals surface area contributed by atoms with E-state index in [0.29, 0.717) is 5.56 Å². The molecule has 4 nitrogen and oxygen atoms in total. The second kappa shape index (κ2) is 6.99. The molecule has 0 aromatic heterocycles. The molecule has 1 aromatic carbocycles. The molecule has 0 aliphatic heterocycles. The lowest BCUT2D eigenvalue weighted by Gasteiger charge is -2.20. The van der Waals surface area contributed by atoms with Gasteiger partial charge in [-0.15, -0.1) is 18.3 Å². The van der Waals surface area contributed by atoms with E-state index in [1.165, 1.54) is 11.0 Å². The summed E-state index contributed by atoms with van der Waals surface area (Å²) in [6, 6.07) is 5.60. The number of rotatable bonds is 6. The minimum absolute atomic E-state index is 0.216. The van der Waals surface area contributed by atoms with Crippen molar-refractivity contribution in [1.82, 2.24) is 4.90 Å². The number of hydrogen-bond donors (Lipinski definition) is 1. The molecule has 1 aromatic rings. The van der Waals surface area contributed by atoms with Crippen LogP contribution in [0.1, 0.15) is 15.9 Å². The van der Waals surface area contributed by atoms with Crippen LogP contribution in [-0.4, -0.2) is 41.2 Å². The molecule has 0 saturated carbocycles. The Labute approximate surface area is 117 Å². The van der Waals surface area contributed by atoms with Crippen molar-refractivity contribution in [2.45, 2.75) is 11.8 Å². The lowest BCUT2D eigenvalue weighted by molar-refractivity contribution is -0.137. The fraction of sp³-hybridized carbons (Fsp3) is 0.286. The van der Waals surface area contributed by atoms with E-state index in [2.05, 4.69) is 6.58 Å². The van der Waals surface area contributed by atoms with E-state index in [9.17, 15) is 9.59 Å². The zero-order valence-electron chi connectivity index (χ0n) is 11.0. The Morgan fingerprint density at radius 2 is 2.16 bits per heavy atom. The number of benzene rings is 1. The first-order valence-electron chi connectivity index (χ1n) is 5.76. The number of aryl methyl sites for hydroxylation is 1. The maximum absolute atomic E-state index is 12.4. The highest BCUT2D eigenvalue weighted by Crippen LogP contribution is 2.20. The quantitative estimate of drug-likeness (QED) is 0.642. The van der Waals surface area contributed by atoms with Gasteiger partial charge in [-0.05, 0) is 30.9 Å². The Morgan fingerprint density at radius 3 is 2.68 bits per heavy atom. The summed E-state index contributed by atoms with van der Waals surface area (Å²) in [6.45, 7) is 5.28. The smallest absolute Gasteiger partial charge is 0.323 e. The van der Waals surface area contributed by atoms with Crippen molar-refractivity contribution in [2.75, 3.05) is 19.3 Å². The molecule has 102 valence electrons. The molecule has 0 aliphatic carbocycles. The van der Waals surface area contributed by atoms with Crippen LogP contribution >= 0.6 is 11.8 Å². The van der Waals surface area contributed by atoms with Gasteiger partial charge in [0.05, 0.1) is 0 Å². The maximum Gasteiger partial charge on any atom is 0.323 e. The highest BCUT2D eigenvalue weighted by molar-refractivity contribution is 7.98. The van der Waals surface area contributed by atoms with Crippen LogP contribution < -0.4 is 0 Å². The second-order valence-corrected chi connectivity index (χ2v) is 4.93. The van der Waals surface area contributed by atoms with Gasteiger partial charge in [0.2, 0.25) is 0 Å². The van der Waals surface area contributed by atoms with Crippen molar-refractivity contribution in [3.63, 3.8) is 0 Å². The molecule has 1 N–H and O–H groups in total. The van der Waals surface area contributed by atoms with Gasteiger partial charge in [-0.1, -0.05) is 12.1 Å². The summed E-state index contributed by atoms with van der Waals surface area (Å²) < 4.78 is 0. The number of carboxylic acid groups (broad SMARTS) is 1. The molecular weight excluding hydrogens is 262 g/mol. The van der Waals surface area contributed by atoms with Crippen LogP contribution in [0.4, 0.5) is 0 Å². The molecule has 0 fully saturated rings. The largest absolute Gasteiger partial charge is 0.480 e. The first-order chi connectivity index (χ1) is 8.99. The predicted octanol–water partition coefficient (Wildman–Crippen LogP) is 2.43. The molecule has 0 atom stereocenters. The monoisotopic (exact) mass is 279 g/mol. The Morgan fingerprint density at radius 1 is 1.47 bits per heavy atom. The van der Waals surface area contributed by atoms with Gasteiger partial charge in [0.25, 0.3) is 5.91 Å². The van der Waals surface area contributed by atoms with Crippen molar-refractivity contribution >= 4 is 23.6 Å². The molecule has 0 spiro atoms. The fourth-order valence-corrected chi connectivity index (χ4v) is 2.11. The van der Waals surface area contributed by atoms with Crippen LogP contribution in [0, 0.1) is 6.92 Å². The van der Waals surface area contributed by atoms with Gasteiger partial charge in [0.15, 0.2) is 0 Å². The third kappa shape index (κ3) is 4.13. The van der Waals surface area contributed by atoms with Gasteiger partial charge in [-0.3, -0.25) is 9.59 Å². The number of carboxylic acids is 1. The summed E-state index contributed by atoms with van der Waals surface area (Å²) in [5, 5.41) is 8.84. The van der Waals surface area contributed by atoms with Crippen molar-refractivity contribution in [3.8, 4) is 0 Å². The third-order valence-electron chi connectivity index (χ3n) is 2.64. The van der Waals surface area contributed by atoms with Crippen molar-refractivity contribution in [1.29, 1.82) is 0 Å². The minimum Gasteiger partial charge on any atom is -0.480 e. The van der Waals surface area contributed by atoms with E-state index in [1.54, 1.807) is 17.8 Å². The highest BCUT2D eigenvalue weighted by atomic mass is 32.2. The first-order valence-corrected chi connectivity index (χ1v) is 6.98. The van der Waals surface area contributed by atoms with Crippen molar-refractivity contribution in [2.24, 2.45) is 0 Å². The Bertz CT molecular complexity index is 499. The lowest BCUT2D eigenvalue weighted by Crippen LogP contribution is -2.36. The van der Waals surface area contributed by atoms with E-state index in [1.807, 2.05) is 25.3 Å². The van der Waals surface area contributed by atoms with Gasteiger partial charge in [0.1, 0.15) is 6.54 Å². The van der Waals surface area contributed by atoms with Crippen LogP contribution in [0.2, 0.25) is 0 Å². The Kier molecular flexibility index (Phi) is 5.63. The maximum atomic E-state index is 12.4. The molecule has 0 heterocycles. The van der Waals surface area contributed by atoms with E-state index in [0.717, 1.165) is 10.5 Å². The molecule has 19 heavy (non-hydrogen) atoms. The fourth-order valence-electron chi connectivity index (χ4n) is 1.67. The number of hydrogen-bond acceptors (Lipinski definition) is 3. The predicted molar refractivity (Wildman–Crippen MR) is 76.7 cm³/mol. The van der Waals surface area contributed by atoms with Gasteiger partial charge >= 0.3 is 5.97 Å². The van der Waals surface area contributed by atoms with Crippen LogP contribution in [-0.2, 0) is 4.79 Å². The molecule has 1 amide bonds. The summed E-state index contributed by atoms with van der Waals surface area (Å²) >= 11 is 1.54. The number of carbonyl (C=O) groups is 2. The summed E-state index contributed by atoms with van der Waals surface area (Å²) in [6.07, 6.45) is 3.45. The molecule has 0 unspecified atom stereocenters. The van der Waals surface area contributed by atoms with Gasteiger partial charge in [-0.2, -0.15) is 0 Å². The van der Waals surface area contributed by atoms with E-state index in [4.69, 9.17) is 5.11 Å². The van der Waals surface area contributed by atoms with Crippen LogP contribution in [0.5, 0.6) is 0 Å². The summed E-state index contributed by atoms with van der Waals surface area (Å²) in [7, 11) is 0. The van der Waals surface area contributed by atoms with Crippen molar-refractivity contribution in [3.05, 3.63) is 42.0 Å². The standard InChI is InChI=1S/C14H17NO3S/c1-4-7-15(9-13(16)17)14(18)12-8-11(19-3)6-5-10(12)2/h4-6,8H,1,7,9H2,2-3H3,(H,16,17). The highest BCUT2D eigenvalue weighted by Gasteiger charge is 2.19. The second-order valence-electron chi connectivity index (χ2n) is 4.05. The Balaban J connectivity index is 3.07. The zero-order chi connectivity index (χ0) is 14.4. The topological polar surface area (TPSA) is 57.6 Å². The average Bonchev–Trinajstić information content (AvgIpc) is 2.37. The van der Waals surface area contributed by atoms with E-state index < -0.39 is 5.97 Å². The van der Waals surface area contributed by atoms with E-state index >= 15 is 0 Å². The number of amides is 1. The number of aliphatic carboxylic acids is 1. The molecule has 0 saturated heterocycles. The molecule has 0 aliphatic rings. The third-order valence-corrected chi connectivity index (χ3v) is 3.36. The molecular formula is C14H17NO3S. The first kappa shape index (κ1) is 15.3. The molecule has 5 heteroatoms. The van der Waals surface area contributed by atoms with Gasteiger partial charge in [-0.25, -0.2) is 0 Å². The molecule has 0 radical (unpaired) electrons. The van der Waals surface area contributed by atoms with Gasteiger partial charge < -0.3 is 10.0 Å². The average molecular weight is 279 g/mol. The molecule has 0 bridgehead atoms. The van der Waals surface area contributed by atoms with Crippen molar-refractivity contribution < 1.29 is 14.7 Å². The minimum atomic E-state index is -1.03. The number of carbonyl (C=O) groups excluding carboxylic acids is 1. The number of nitrogens with zero attached hydrogens (tertiary/aromatic N) is 1. The SMILES string of the molecule is C=CCN(CC(=O)O)C(=O)c1cc(SC)ccc1C. The van der Waals surface area contributed by atoms with Crippen LogP contribution in [0.25, 0.3) is 0 Å². The van der Waals surface area contributed by atoms with Gasteiger partial charge in [0, 0.05) is 17.0 Å². The summed E-state index contributed by atoms with van der Waals surface area (Å²) in [5.41, 5.74) is 1.37. The number of thioether (sulfide) groups is 1. The normalized spacial score (nSPS) is 10.0. The lowest BCUT2D eigenvalue weighted by atomic mass is 10.1. The zero-order valence-corrected chi connectivity index (χ0v) is 11.9. The molecule has 1 rings (SSSR count). The Hall–Kier alpha value is -1.75.